The topological polar surface area (TPSA) is 57.0 Å². The second-order valence-electron chi connectivity index (χ2n) is 8.33. The van der Waals surface area contributed by atoms with Crippen molar-refractivity contribution in [3.8, 4) is 17.4 Å². The maximum absolute atomic E-state index is 13.0. The minimum Gasteiger partial charge on any atom is -0.462 e. The fourth-order valence-electron chi connectivity index (χ4n) is 2.75. The summed E-state index contributed by atoms with van der Waals surface area (Å²) in [5.74, 6) is 0.585. The molecule has 0 radical (unpaired) electrons. The highest BCUT2D eigenvalue weighted by molar-refractivity contribution is 5.97. The lowest BCUT2D eigenvalue weighted by atomic mass is 9.87. The number of aromatic nitrogens is 3. The van der Waals surface area contributed by atoms with Crippen molar-refractivity contribution in [2.24, 2.45) is 5.92 Å². The van der Waals surface area contributed by atoms with Crippen LogP contribution >= 0.6 is 0 Å². The number of nitrogens with zero attached hydrogens (tertiary/aromatic N) is 3. The maximum Gasteiger partial charge on any atom is 0.336 e. The third-order valence-electron chi connectivity index (χ3n) is 4.36. The van der Waals surface area contributed by atoms with Crippen molar-refractivity contribution in [2.75, 3.05) is 6.61 Å². The van der Waals surface area contributed by atoms with Crippen molar-refractivity contribution in [1.82, 2.24) is 14.8 Å². The van der Waals surface area contributed by atoms with Crippen LogP contribution in [0.4, 0.5) is 0 Å². The smallest absolute Gasteiger partial charge is 0.336 e. The monoisotopic (exact) mass is 377 g/mol. The van der Waals surface area contributed by atoms with Gasteiger partial charge in [0, 0.05) is 11.1 Å². The van der Waals surface area contributed by atoms with Crippen molar-refractivity contribution in [3.05, 3.63) is 65.7 Å². The van der Waals surface area contributed by atoms with Crippen LogP contribution in [0.1, 0.15) is 50.5 Å². The molecule has 0 aliphatic carbocycles. The summed E-state index contributed by atoms with van der Waals surface area (Å²) in [7, 11) is 0. The summed E-state index contributed by atoms with van der Waals surface area (Å²) >= 11 is 0. The van der Waals surface area contributed by atoms with Crippen molar-refractivity contribution in [1.29, 1.82) is 0 Å². The average molecular weight is 377 g/mol. The maximum atomic E-state index is 13.0. The van der Waals surface area contributed by atoms with E-state index in [1.165, 1.54) is 10.2 Å². The molecule has 0 amide bonds. The Balaban J connectivity index is 2.01. The van der Waals surface area contributed by atoms with Gasteiger partial charge in [-0.15, -0.1) is 5.10 Å². The van der Waals surface area contributed by atoms with E-state index >= 15 is 0 Å². The predicted molar refractivity (Wildman–Crippen MR) is 111 cm³/mol. The Morgan fingerprint density at radius 2 is 1.68 bits per heavy atom. The lowest BCUT2D eigenvalue weighted by Gasteiger charge is -2.19. The van der Waals surface area contributed by atoms with Crippen LogP contribution in [0.5, 0.6) is 6.01 Å². The minimum absolute atomic E-state index is 0.0532. The molecule has 5 heteroatoms. The van der Waals surface area contributed by atoms with Gasteiger partial charge >= 0.3 is 6.01 Å². The molecule has 0 aliphatic heterocycles. The summed E-state index contributed by atoms with van der Waals surface area (Å²) in [5, 5.41) is 4.34. The highest BCUT2D eigenvalue weighted by Gasteiger charge is 2.21. The summed E-state index contributed by atoms with van der Waals surface area (Å²) in [5.41, 5.74) is 2.64. The van der Waals surface area contributed by atoms with E-state index in [0.29, 0.717) is 23.9 Å². The van der Waals surface area contributed by atoms with Crippen LogP contribution in [0.25, 0.3) is 11.4 Å². The normalized spacial score (nSPS) is 11.6. The number of hydrogen-bond acceptors (Lipinski definition) is 4. The van der Waals surface area contributed by atoms with Gasteiger partial charge in [0.25, 0.3) is 5.91 Å². The standard InChI is InChI=1S/C23H27N3O2/c1-16(2)15-28-22-24-20(17-11-13-19(14-12-17)23(3,4)5)26(25-22)21(27)18-9-7-6-8-10-18/h6-14,16H,15H2,1-5H3. The first-order chi connectivity index (χ1) is 13.3. The number of carbonyl (C=O) groups is 1. The Hall–Kier alpha value is -2.95. The molecule has 0 bridgehead atoms. The van der Waals surface area contributed by atoms with Gasteiger partial charge in [0.2, 0.25) is 0 Å². The lowest BCUT2D eigenvalue weighted by molar-refractivity contribution is 0.0944. The zero-order valence-electron chi connectivity index (χ0n) is 17.1. The molecule has 0 unspecified atom stereocenters. The summed E-state index contributed by atoms with van der Waals surface area (Å²) in [6, 6.07) is 17.4. The number of benzene rings is 2. The average Bonchev–Trinajstić information content (AvgIpc) is 3.10. The lowest BCUT2D eigenvalue weighted by Crippen LogP contribution is -2.15. The first kappa shape index (κ1) is 19.8. The minimum atomic E-state index is -0.234. The van der Waals surface area contributed by atoms with Crippen molar-refractivity contribution < 1.29 is 9.53 Å². The Morgan fingerprint density at radius 1 is 1.04 bits per heavy atom. The molecule has 0 saturated heterocycles. The molecule has 0 N–H and O–H groups in total. The van der Waals surface area contributed by atoms with Gasteiger partial charge < -0.3 is 4.74 Å². The molecule has 3 rings (SSSR count). The van der Waals surface area contributed by atoms with Crippen LogP contribution in [0.3, 0.4) is 0 Å². The zero-order chi connectivity index (χ0) is 20.3. The highest BCUT2D eigenvalue weighted by atomic mass is 16.5. The van der Waals surface area contributed by atoms with Gasteiger partial charge in [-0.2, -0.15) is 9.67 Å². The number of ether oxygens (including phenoxy) is 1. The van der Waals surface area contributed by atoms with Gasteiger partial charge in [0.15, 0.2) is 5.82 Å². The largest absolute Gasteiger partial charge is 0.462 e. The molecule has 5 nitrogen and oxygen atoms in total. The highest BCUT2D eigenvalue weighted by Crippen LogP contribution is 2.26. The number of rotatable bonds is 5. The van der Waals surface area contributed by atoms with E-state index in [9.17, 15) is 4.79 Å². The van der Waals surface area contributed by atoms with Gasteiger partial charge in [-0.1, -0.05) is 77.1 Å². The van der Waals surface area contributed by atoms with Gasteiger partial charge in [-0.25, -0.2) is 0 Å². The molecule has 28 heavy (non-hydrogen) atoms. The van der Waals surface area contributed by atoms with E-state index in [4.69, 9.17) is 4.74 Å². The van der Waals surface area contributed by atoms with Gasteiger partial charge in [-0.3, -0.25) is 4.79 Å². The Bertz CT molecular complexity index is 936. The van der Waals surface area contributed by atoms with Crippen LogP contribution in [0, 0.1) is 5.92 Å². The molecule has 1 heterocycles. The Labute approximate surface area is 166 Å². The van der Waals surface area contributed by atoms with Crippen molar-refractivity contribution in [3.63, 3.8) is 0 Å². The first-order valence-corrected chi connectivity index (χ1v) is 9.56. The number of hydrogen-bond donors (Lipinski definition) is 0. The molecule has 0 atom stereocenters. The second-order valence-corrected chi connectivity index (χ2v) is 8.33. The first-order valence-electron chi connectivity index (χ1n) is 9.56. The summed E-state index contributed by atoms with van der Waals surface area (Å²) in [4.78, 5) is 17.5. The Morgan fingerprint density at radius 3 is 2.25 bits per heavy atom. The van der Waals surface area contributed by atoms with E-state index in [1.54, 1.807) is 12.1 Å². The van der Waals surface area contributed by atoms with E-state index < -0.39 is 0 Å². The number of carbonyl (C=O) groups excluding carboxylic acids is 1. The molecular formula is C23H27N3O2. The molecule has 1 aromatic heterocycles. The van der Waals surface area contributed by atoms with Gasteiger partial charge in [0.05, 0.1) is 6.61 Å². The molecule has 0 fully saturated rings. The quantitative estimate of drug-likeness (QED) is 0.630. The third kappa shape index (κ3) is 4.47. The molecule has 0 aliphatic rings. The molecule has 2 aromatic carbocycles. The van der Waals surface area contributed by atoms with Crippen LogP contribution in [-0.2, 0) is 5.41 Å². The Kier molecular flexibility index (Phi) is 5.63. The van der Waals surface area contributed by atoms with E-state index in [1.807, 2.05) is 30.3 Å². The van der Waals surface area contributed by atoms with Gasteiger partial charge in [-0.05, 0) is 29.0 Å². The third-order valence-corrected chi connectivity index (χ3v) is 4.36. The van der Waals surface area contributed by atoms with Crippen LogP contribution < -0.4 is 4.74 Å². The molecule has 0 spiro atoms. The SMILES string of the molecule is CC(C)COc1nc(-c2ccc(C(C)(C)C)cc2)n(C(=O)c2ccccc2)n1. The molecular weight excluding hydrogens is 350 g/mol. The summed E-state index contributed by atoms with van der Waals surface area (Å²) in [6.07, 6.45) is 0. The zero-order valence-corrected chi connectivity index (χ0v) is 17.1. The summed E-state index contributed by atoms with van der Waals surface area (Å²) in [6.45, 7) is 11.1. The molecule has 0 saturated carbocycles. The van der Waals surface area contributed by atoms with E-state index in [0.717, 1.165) is 5.56 Å². The van der Waals surface area contributed by atoms with Gasteiger partial charge in [0.1, 0.15) is 0 Å². The molecule has 146 valence electrons. The van der Waals surface area contributed by atoms with Crippen molar-refractivity contribution >= 4 is 5.91 Å². The van der Waals surface area contributed by atoms with E-state index in [2.05, 4.69) is 56.8 Å². The fourth-order valence-corrected chi connectivity index (χ4v) is 2.75. The van der Waals surface area contributed by atoms with Crippen molar-refractivity contribution in [2.45, 2.75) is 40.0 Å². The molecule has 3 aromatic rings. The van der Waals surface area contributed by atoms with Crippen LogP contribution in [0.2, 0.25) is 0 Å². The predicted octanol–water partition coefficient (Wildman–Crippen LogP) is 4.97. The second kappa shape index (κ2) is 7.97. The van der Waals surface area contributed by atoms with Crippen LogP contribution in [-0.4, -0.2) is 27.3 Å². The fraction of sp³-hybridized carbons (Fsp3) is 0.348. The van der Waals surface area contributed by atoms with E-state index in [-0.39, 0.29) is 17.3 Å². The van der Waals surface area contributed by atoms with Crippen LogP contribution in [0.15, 0.2) is 54.6 Å². The summed E-state index contributed by atoms with van der Waals surface area (Å²) < 4.78 is 7.01.